The van der Waals surface area contributed by atoms with Crippen molar-refractivity contribution in [2.75, 3.05) is 0 Å². The summed E-state index contributed by atoms with van der Waals surface area (Å²) in [5.41, 5.74) is 1.29. The van der Waals surface area contributed by atoms with Gasteiger partial charge >= 0.3 is 0 Å². The summed E-state index contributed by atoms with van der Waals surface area (Å²) >= 11 is 6.05. The summed E-state index contributed by atoms with van der Waals surface area (Å²) in [6.07, 6.45) is 3.98. The molecule has 1 fully saturated rings. The molecule has 18 heavy (non-hydrogen) atoms. The minimum Gasteiger partial charge on any atom is -0.307 e. The third-order valence-corrected chi connectivity index (χ3v) is 4.25. The quantitative estimate of drug-likeness (QED) is 0.827. The van der Waals surface area contributed by atoms with Gasteiger partial charge in [-0.15, -0.1) is 0 Å². The van der Waals surface area contributed by atoms with E-state index in [-0.39, 0.29) is 0 Å². The standard InChI is InChI=1S/C16H24ClN/c1-11-7-12(2)9-16(8-11)18-13(3)14-5-4-6-15(17)10-14/h4-6,10-13,16,18H,7-9H2,1-3H3/t11?,12?,13-,16?/m0/s1. The van der Waals surface area contributed by atoms with Gasteiger partial charge in [0.1, 0.15) is 0 Å². The van der Waals surface area contributed by atoms with Crippen LogP contribution >= 0.6 is 11.6 Å². The van der Waals surface area contributed by atoms with E-state index in [4.69, 9.17) is 11.6 Å². The van der Waals surface area contributed by atoms with Crippen molar-refractivity contribution >= 4 is 11.6 Å². The molecule has 1 N–H and O–H groups in total. The van der Waals surface area contributed by atoms with Crippen molar-refractivity contribution in [3.63, 3.8) is 0 Å². The van der Waals surface area contributed by atoms with Crippen molar-refractivity contribution in [2.24, 2.45) is 11.8 Å². The number of hydrogen-bond acceptors (Lipinski definition) is 1. The third kappa shape index (κ3) is 3.73. The predicted molar refractivity (Wildman–Crippen MR) is 79.0 cm³/mol. The monoisotopic (exact) mass is 265 g/mol. The van der Waals surface area contributed by atoms with Crippen LogP contribution in [0.1, 0.15) is 51.6 Å². The van der Waals surface area contributed by atoms with E-state index in [9.17, 15) is 0 Å². The van der Waals surface area contributed by atoms with Crippen molar-refractivity contribution in [3.05, 3.63) is 34.9 Å². The molecule has 3 atom stereocenters. The van der Waals surface area contributed by atoms with E-state index < -0.39 is 0 Å². The van der Waals surface area contributed by atoms with Crippen LogP contribution in [0.5, 0.6) is 0 Å². The molecule has 0 radical (unpaired) electrons. The first kappa shape index (κ1) is 13.9. The molecule has 0 amide bonds. The highest BCUT2D eigenvalue weighted by Gasteiger charge is 2.24. The lowest BCUT2D eigenvalue weighted by Gasteiger charge is -2.34. The molecule has 0 spiro atoms. The predicted octanol–water partition coefficient (Wildman–Crippen LogP) is 4.82. The van der Waals surface area contributed by atoms with Crippen LogP contribution < -0.4 is 5.32 Å². The lowest BCUT2D eigenvalue weighted by atomic mass is 9.80. The van der Waals surface area contributed by atoms with Gasteiger partial charge in [-0.2, -0.15) is 0 Å². The molecule has 2 rings (SSSR count). The van der Waals surface area contributed by atoms with Gasteiger partial charge in [0.25, 0.3) is 0 Å². The maximum absolute atomic E-state index is 6.05. The molecule has 0 aliphatic heterocycles. The highest BCUT2D eigenvalue weighted by Crippen LogP contribution is 2.30. The molecule has 0 saturated heterocycles. The van der Waals surface area contributed by atoms with E-state index in [0.29, 0.717) is 12.1 Å². The molecule has 1 aliphatic carbocycles. The molecule has 2 unspecified atom stereocenters. The second kappa shape index (κ2) is 6.08. The van der Waals surface area contributed by atoms with E-state index in [2.05, 4.69) is 38.2 Å². The van der Waals surface area contributed by atoms with Gasteiger partial charge in [0.15, 0.2) is 0 Å². The second-order valence-corrected chi connectivity index (χ2v) is 6.49. The molecule has 1 nitrogen and oxygen atoms in total. The maximum atomic E-state index is 6.05. The Morgan fingerprint density at radius 1 is 1.17 bits per heavy atom. The van der Waals surface area contributed by atoms with E-state index in [1.54, 1.807) is 0 Å². The number of hydrogen-bond donors (Lipinski definition) is 1. The fraction of sp³-hybridized carbons (Fsp3) is 0.625. The summed E-state index contributed by atoms with van der Waals surface area (Å²) < 4.78 is 0. The summed E-state index contributed by atoms with van der Waals surface area (Å²) in [5, 5.41) is 4.59. The molecule has 0 heterocycles. The van der Waals surface area contributed by atoms with Crippen LogP contribution in [0.15, 0.2) is 24.3 Å². The van der Waals surface area contributed by atoms with Crippen molar-refractivity contribution in [3.8, 4) is 0 Å². The van der Waals surface area contributed by atoms with E-state index in [1.807, 2.05) is 12.1 Å². The Morgan fingerprint density at radius 3 is 2.44 bits per heavy atom. The zero-order chi connectivity index (χ0) is 13.1. The Bertz CT molecular complexity index is 380. The molecule has 1 aromatic rings. The maximum Gasteiger partial charge on any atom is 0.0409 e. The SMILES string of the molecule is CC1CC(C)CC(N[C@@H](C)c2cccc(Cl)c2)C1. The molecule has 1 aliphatic rings. The fourth-order valence-corrected chi connectivity index (χ4v) is 3.51. The molecule has 2 heteroatoms. The van der Waals surface area contributed by atoms with Crippen LogP contribution in [0.3, 0.4) is 0 Å². The first-order valence-corrected chi connectivity index (χ1v) is 7.44. The lowest BCUT2D eigenvalue weighted by Crippen LogP contribution is -2.37. The Hall–Kier alpha value is -0.530. The minimum absolute atomic E-state index is 0.381. The average Bonchev–Trinajstić information content (AvgIpc) is 2.27. The third-order valence-electron chi connectivity index (χ3n) is 4.01. The van der Waals surface area contributed by atoms with Gasteiger partial charge < -0.3 is 5.32 Å². The van der Waals surface area contributed by atoms with Gasteiger partial charge in [-0.05, 0) is 55.7 Å². The smallest absolute Gasteiger partial charge is 0.0409 e. The van der Waals surface area contributed by atoms with E-state index in [0.717, 1.165) is 16.9 Å². The topological polar surface area (TPSA) is 12.0 Å². The van der Waals surface area contributed by atoms with Crippen LogP contribution in [-0.2, 0) is 0 Å². The summed E-state index contributed by atoms with van der Waals surface area (Å²) in [6.45, 7) is 6.97. The molecule has 1 aromatic carbocycles. The van der Waals surface area contributed by atoms with E-state index >= 15 is 0 Å². The first-order valence-electron chi connectivity index (χ1n) is 7.06. The molecular weight excluding hydrogens is 242 g/mol. The van der Waals surface area contributed by atoms with Crippen molar-refractivity contribution in [1.82, 2.24) is 5.32 Å². The Balaban J connectivity index is 1.96. The summed E-state index contributed by atoms with van der Waals surface area (Å²) in [4.78, 5) is 0. The molecular formula is C16H24ClN. The van der Waals surface area contributed by atoms with Gasteiger partial charge in [-0.25, -0.2) is 0 Å². The number of rotatable bonds is 3. The second-order valence-electron chi connectivity index (χ2n) is 6.06. The number of benzene rings is 1. The fourth-order valence-electron chi connectivity index (χ4n) is 3.31. The number of halogens is 1. The van der Waals surface area contributed by atoms with Crippen molar-refractivity contribution in [2.45, 2.75) is 52.1 Å². The summed E-state index contributed by atoms with van der Waals surface area (Å²) in [5.74, 6) is 1.69. The highest BCUT2D eigenvalue weighted by atomic mass is 35.5. The van der Waals surface area contributed by atoms with Crippen LogP contribution in [0.4, 0.5) is 0 Å². The Kier molecular flexibility index (Phi) is 4.69. The molecule has 100 valence electrons. The van der Waals surface area contributed by atoms with E-state index in [1.165, 1.54) is 24.8 Å². The summed E-state index contributed by atoms with van der Waals surface area (Å²) in [6, 6.07) is 9.21. The zero-order valence-electron chi connectivity index (χ0n) is 11.6. The highest BCUT2D eigenvalue weighted by molar-refractivity contribution is 6.30. The minimum atomic E-state index is 0.381. The van der Waals surface area contributed by atoms with Gasteiger partial charge in [0.2, 0.25) is 0 Å². The van der Waals surface area contributed by atoms with Crippen molar-refractivity contribution < 1.29 is 0 Å². The van der Waals surface area contributed by atoms with Crippen molar-refractivity contribution in [1.29, 1.82) is 0 Å². The van der Waals surface area contributed by atoms with Crippen LogP contribution in [0.25, 0.3) is 0 Å². The van der Waals surface area contributed by atoms with Gasteiger partial charge in [-0.1, -0.05) is 37.6 Å². The lowest BCUT2D eigenvalue weighted by molar-refractivity contribution is 0.228. The van der Waals surface area contributed by atoms with Gasteiger partial charge in [0, 0.05) is 17.1 Å². The first-order chi connectivity index (χ1) is 8.54. The van der Waals surface area contributed by atoms with Crippen LogP contribution in [0, 0.1) is 11.8 Å². The number of nitrogens with one attached hydrogen (secondary N) is 1. The Morgan fingerprint density at radius 2 is 1.83 bits per heavy atom. The molecule has 0 bridgehead atoms. The Labute approximate surface area is 116 Å². The largest absolute Gasteiger partial charge is 0.307 e. The van der Waals surface area contributed by atoms with Gasteiger partial charge in [-0.3, -0.25) is 0 Å². The van der Waals surface area contributed by atoms with Crippen LogP contribution in [-0.4, -0.2) is 6.04 Å². The molecule has 1 saturated carbocycles. The normalized spacial score (nSPS) is 30.1. The summed E-state index contributed by atoms with van der Waals surface area (Å²) in [7, 11) is 0. The molecule has 0 aromatic heterocycles. The van der Waals surface area contributed by atoms with Crippen LogP contribution in [0.2, 0.25) is 5.02 Å². The average molecular weight is 266 g/mol. The van der Waals surface area contributed by atoms with Gasteiger partial charge in [0.05, 0.1) is 0 Å². The zero-order valence-corrected chi connectivity index (χ0v) is 12.4.